The molecule has 0 aromatic heterocycles. The predicted octanol–water partition coefficient (Wildman–Crippen LogP) is 2.53. The first-order valence-corrected chi connectivity index (χ1v) is 7.75. The number of fused-ring (bicyclic) bond motifs is 1. The standard InChI is InChI=1S/C17H26N2O2/c1-18-15-9-4-8-14-13(15)7-5-10-16(14)21-12-6-11-17(20)19(2)3/h5,7,10,15,18H,4,6,8-9,11-12H2,1-3H3. The second-order valence-corrected chi connectivity index (χ2v) is 5.80. The minimum atomic E-state index is 0.156. The Labute approximate surface area is 127 Å². The van der Waals surface area contributed by atoms with Crippen LogP contribution in [-0.4, -0.2) is 38.6 Å². The van der Waals surface area contributed by atoms with Gasteiger partial charge in [-0.1, -0.05) is 12.1 Å². The van der Waals surface area contributed by atoms with E-state index in [2.05, 4.69) is 17.4 Å². The van der Waals surface area contributed by atoms with Gasteiger partial charge in [-0.2, -0.15) is 0 Å². The molecule has 0 radical (unpaired) electrons. The monoisotopic (exact) mass is 290 g/mol. The maximum absolute atomic E-state index is 11.5. The first-order chi connectivity index (χ1) is 10.1. The molecule has 1 aliphatic rings. The normalized spacial score (nSPS) is 17.2. The van der Waals surface area contributed by atoms with Crippen LogP contribution in [0.5, 0.6) is 5.75 Å². The lowest BCUT2D eigenvalue weighted by Gasteiger charge is -2.26. The molecule has 4 nitrogen and oxygen atoms in total. The molecular weight excluding hydrogens is 264 g/mol. The lowest BCUT2D eigenvalue weighted by Crippen LogP contribution is -2.22. The summed E-state index contributed by atoms with van der Waals surface area (Å²) >= 11 is 0. The van der Waals surface area contributed by atoms with Crippen molar-refractivity contribution in [3.63, 3.8) is 0 Å². The molecule has 0 heterocycles. The number of hydrogen-bond acceptors (Lipinski definition) is 3. The van der Waals surface area contributed by atoms with Gasteiger partial charge in [0.2, 0.25) is 5.91 Å². The third-order valence-electron chi connectivity index (χ3n) is 4.10. The number of benzene rings is 1. The zero-order valence-corrected chi connectivity index (χ0v) is 13.3. The molecule has 21 heavy (non-hydrogen) atoms. The van der Waals surface area contributed by atoms with Crippen LogP contribution in [0.25, 0.3) is 0 Å². The molecule has 116 valence electrons. The minimum Gasteiger partial charge on any atom is -0.493 e. The summed E-state index contributed by atoms with van der Waals surface area (Å²) in [5.41, 5.74) is 2.70. The second-order valence-electron chi connectivity index (χ2n) is 5.80. The molecule has 0 bridgehead atoms. The fraction of sp³-hybridized carbons (Fsp3) is 0.588. The summed E-state index contributed by atoms with van der Waals surface area (Å²) in [5.74, 6) is 1.15. The molecule has 4 heteroatoms. The molecule has 0 saturated heterocycles. The van der Waals surface area contributed by atoms with Crippen LogP contribution in [0.3, 0.4) is 0 Å². The molecule has 1 amide bonds. The molecule has 0 fully saturated rings. The van der Waals surface area contributed by atoms with Crippen LogP contribution >= 0.6 is 0 Å². The van der Waals surface area contributed by atoms with Gasteiger partial charge in [-0.15, -0.1) is 0 Å². The number of carbonyl (C=O) groups is 1. The number of nitrogens with zero attached hydrogens (tertiary/aromatic N) is 1. The molecule has 0 aliphatic heterocycles. The van der Waals surface area contributed by atoms with E-state index in [-0.39, 0.29) is 5.91 Å². The molecule has 0 saturated carbocycles. The smallest absolute Gasteiger partial charge is 0.222 e. The Kier molecular flexibility index (Phi) is 5.62. The topological polar surface area (TPSA) is 41.6 Å². The fourth-order valence-electron chi connectivity index (χ4n) is 2.88. The molecular formula is C17H26N2O2. The summed E-state index contributed by atoms with van der Waals surface area (Å²) in [7, 11) is 5.59. The van der Waals surface area contributed by atoms with Crippen molar-refractivity contribution in [2.24, 2.45) is 0 Å². The molecule has 1 unspecified atom stereocenters. The number of rotatable bonds is 6. The summed E-state index contributed by atoms with van der Waals surface area (Å²) < 4.78 is 5.93. The summed E-state index contributed by atoms with van der Waals surface area (Å²) in [6, 6.07) is 6.74. The van der Waals surface area contributed by atoms with Crippen LogP contribution < -0.4 is 10.1 Å². The van der Waals surface area contributed by atoms with Crippen LogP contribution in [0.2, 0.25) is 0 Å². The van der Waals surface area contributed by atoms with Crippen LogP contribution in [-0.2, 0) is 11.2 Å². The predicted molar refractivity (Wildman–Crippen MR) is 84.6 cm³/mol. The molecule has 2 rings (SSSR count). The zero-order valence-electron chi connectivity index (χ0n) is 13.3. The zero-order chi connectivity index (χ0) is 15.2. The van der Waals surface area contributed by atoms with Crippen molar-refractivity contribution in [2.75, 3.05) is 27.7 Å². The molecule has 0 spiro atoms. The van der Waals surface area contributed by atoms with Crippen molar-refractivity contribution in [1.82, 2.24) is 10.2 Å². The Morgan fingerprint density at radius 3 is 2.95 bits per heavy atom. The minimum absolute atomic E-state index is 0.156. The summed E-state index contributed by atoms with van der Waals surface area (Å²) in [6.07, 6.45) is 4.76. The van der Waals surface area contributed by atoms with Gasteiger partial charge in [0.05, 0.1) is 6.61 Å². The highest BCUT2D eigenvalue weighted by atomic mass is 16.5. The van der Waals surface area contributed by atoms with E-state index >= 15 is 0 Å². The summed E-state index contributed by atoms with van der Waals surface area (Å²) in [4.78, 5) is 13.2. The van der Waals surface area contributed by atoms with Gasteiger partial charge in [-0.25, -0.2) is 0 Å². The highest BCUT2D eigenvalue weighted by Gasteiger charge is 2.21. The van der Waals surface area contributed by atoms with Gasteiger partial charge in [0.15, 0.2) is 0 Å². The second kappa shape index (κ2) is 7.46. The highest BCUT2D eigenvalue weighted by Crippen LogP contribution is 2.35. The SMILES string of the molecule is CNC1CCCc2c(OCCCC(=O)N(C)C)cccc21. The van der Waals surface area contributed by atoms with Crippen molar-refractivity contribution in [3.05, 3.63) is 29.3 Å². The Balaban J connectivity index is 1.94. The largest absolute Gasteiger partial charge is 0.493 e. The molecule has 1 aromatic carbocycles. The van der Waals surface area contributed by atoms with E-state index in [4.69, 9.17) is 4.74 Å². The summed E-state index contributed by atoms with van der Waals surface area (Å²) in [5, 5.41) is 3.38. The third-order valence-corrected chi connectivity index (χ3v) is 4.10. The number of nitrogens with one attached hydrogen (secondary N) is 1. The number of ether oxygens (including phenoxy) is 1. The lowest BCUT2D eigenvalue weighted by atomic mass is 9.87. The first kappa shape index (κ1) is 15.8. The quantitative estimate of drug-likeness (QED) is 0.819. The number of hydrogen-bond donors (Lipinski definition) is 1. The molecule has 1 aliphatic carbocycles. The maximum atomic E-state index is 11.5. The van der Waals surface area contributed by atoms with E-state index in [0.29, 0.717) is 19.1 Å². The van der Waals surface area contributed by atoms with Crippen molar-refractivity contribution in [1.29, 1.82) is 0 Å². The number of amides is 1. The van der Waals surface area contributed by atoms with Crippen molar-refractivity contribution < 1.29 is 9.53 Å². The van der Waals surface area contributed by atoms with Crippen LogP contribution in [0, 0.1) is 0 Å². The van der Waals surface area contributed by atoms with Crippen LogP contribution in [0.15, 0.2) is 18.2 Å². The van der Waals surface area contributed by atoms with E-state index in [1.165, 1.54) is 24.0 Å². The van der Waals surface area contributed by atoms with Crippen molar-refractivity contribution in [3.8, 4) is 5.75 Å². The van der Waals surface area contributed by atoms with Gasteiger partial charge in [-0.05, 0) is 49.9 Å². The molecule has 1 atom stereocenters. The lowest BCUT2D eigenvalue weighted by molar-refractivity contribution is -0.128. The van der Waals surface area contributed by atoms with E-state index in [9.17, 15) is 4.79 Å². The molecule has 1 N–H and O–H groups in total. The van der Waals surface area contributed by atoms with Crippen LogP contribution in [0.1, 0.15) is 42.9 Å². The van der Waals surface area contributed by atoms with E-state index in [1.54, 1.807) is 19.0 Å². The van der Waals surface area contributed by atoms with Gasteiger partial charge in [-0.3, -0.25) is 4.79 Å². The molecule has 1 aromatic rings. The third kappa shape index (κ3) is 3.97. The Bertz CT molecular complexity index is 486. The summed E-state index contributed by atoms with van der Waals surface area (Å²) in [6.45, 7) is 0.597. The highest BCUT2D eigenvalue weighted by molar-refractivity contribution is 5.75. The van der Waals surface area contributed by atoms with Gasteiger partial charge in [0, 0.05) is 26.6 Å². The van der Waals surface area contributed by atoms with Gasteiger partial charge in [0.1, 0.15) is 5.75 Å². The van der Waals surface area contributed by atoms with Crippen LogP contribution in [0.4, 0.5) is 0 Å². The van der Waals surface area contributed by atoms with E-state index < -0.39 is 0 Å². The van der Waals surface area contributed by atoms with Crippen molar-refractivity contribution in [2.45, 2.75) is 38.1 Å². The average Bonchev–Trinajstić information content (AvgIpc) is 2.50. The Hall–Kier alpha value is -1.55. The van der Waals surface area contributed by atoms with E-state index in [0.717, 1.165) is 18.6 Å². The van der Waals surface area contributed by atoms with Gasteiger partial charge in [0.25, 0.3) is 0 Å². The van der Waals surface area contributed by atoms with Gasteiger partial charge < -0.3 is 15.0 Å². The maximum Gasteiger partial charge on any atom is 0.222 e. The Morgan fingerprint density at radius 2 is 2.24 bits per heavy atom. The van der Waals surface area contributed by atoms with E-state index in [1.807, 2.05) is 13.1 Å². The average molecular weight is 290 g/mol. The Morgan fingerprint density at radius 1 is 1.43 bits per heavy atom. The fourth-order valence-corrected chi connectivity index (χ4v) is 2.88. The first-order valence-electron chi connectivity index (χ1n) is 7.75. The van der Waals surface area contributed by atoms with Gasteiger partial charge >= 0.3 is 0 Å². The number of carbonyl (C=O) groups excluding carboxylic acids is 1. The van der Waals surface area contributed by atoms with Crippen molar-refractivity contribution >= 4 is 5.91 Å².